The van der Waals surface area contributed by atoms with Gasteiger partial charge in [-0.3, -0.25) is 9.59 Å². The minimum Gasteiger partial charge on any atom is -0.300 e. The molecular formula is C14H16O2. The molecule has 0 bridgehead atoms. The summed E-state index contributed by atoms with van der Waals surface area (Å²) >= 11 is 0. The molecule has 0 saturated heterocycles. The molecule has 0 saturated carbocycles. The quantitative estimate of drug-likeness (QED) is 0.685. The van der Waals surface area contributed by atoms with Gasteiger partial charge < -0.3 is 0 Å². The van der Waals surface area contributed by atoms with E-state index in [1.807, 2.05) is 42.5 Å². The van der Waals surface area contributed by atoms with Gasteiger partial charge in [0.1, 0.15) is 11.6 Å². The molecule has 0 atom stereocenters. The fourth-order valence-electron chi connectivity index (χ4n) is 1.39. The normalized spacial score (nSPS) is 10.6. The topological polar surface area (TPSA) is 34.1 Å². The van der Waals surface area contributed by atoms with E-state index < -0.39 is 0 Å². The maximum Gasteiger partial charge on any atom is 0.140 e. The van der Waals surface area contributed by atoms with Crippen molar-refractivity contribution >= 4 is 17.6 Å². The molecule has 1 aromatic rings. The zero-order valence-corrected chi connectivity index (χ0v) is 9.48. The molecule has 84 valence electrons. The van der Waals surface area contributed by atoms with Crippen LogP contribution in [0.15, 0.2) is 36.4 Å². The highest BCUT2D eigenvalue weighted by Crippen LogP contribution is 2.04. The second kappa shape index (κ2) is 6.72. The molecule has 0 amide bonds. The van der Waals surface area contributed by atoms with Crippen LogP contribution in [0.4, 0.5) is 0 Å². The van der Waals surface area contributed by atoms with Gasteiger partial charge in [0, 0.05) is 6.42 Å². The average molecular weight is 216 g/mol. The van der Waals surface area contributed by atoms with Crippen molar-refractivity contribution in [3.8, 4) is 0 Å². The lowest BCUT2D eigenvalue weighted by Crippen LogP contribution is -2.03. The van der Waals surface area contributed by atoms with E-state index >= 15 is 0 Å². The monoisotopic (exact) mass is 216 g/mol. The summed E-state index contributed by atoms with van der Waals surface area (Å²) in [5.74, 6) is -0.0396. The van der Waals surface area contributed by atoms with Gasteiger partial charge in [-0.1, -0.05) is 42.5 Å². The van der Waals surface area contributed by atoms with Crippen LogP contribution in [0.1, 0.15) is 31.7 Å². The first-order chi connectivity index (χ1) is 7.68. The van der Waals surface area contributed by atoms with Crippen LogP contribution in [-0.4, -0.2) is 11.6 Å². The maximum atomic E-state index is 11.2. The molecule has 0 aliphatic heterocycles. The number of carbonyl (C=O) groups excluding carboxylic acids is 2. The van der Waals surface area contributed by atoms with Crippen molar-refractivity contribution in [1.82, 2.24) is 0 Å². The van der Waals surface area contributed by atoms with Crippen LogP contribution in [0.25, 0.3) is 6.08 Å². The smallest absolute Gasteiger partial charge is 0.140 e. The second-order valence-electron chi connectivity index (χ2n) is 3.77. The van der Waals surface area contributed by atoms with Gasteiger partial charge in [-0.2, -0.15) is 0 Å². The van der Waals surface area contributed by atoms with Gasteiger partial charge in [0.2, 0.25) is 0 Å². The number of hydrogen-bond donors (Lipinski definition) is 0. The van der Waals surface area contributed by atoms with Crippen molar-refractivity contribution in [1.29, 1.82) is 0 Å². The molecule has 0 spiro atoms. The lowest BCUT2D eigenvalue weighted by molar-refractivity contribution is -0.125. The molecule has 0 radical (unpaired) electrons. The maximum absolute atomic E-state index is 11.2. The average Bonchev–Trinajstić information content (AvgIpc) is 2.25. The Morgan fingerprint density at radius 2 is 1.88 bits per heavy atom. The van der Waals surface area contributed by atoms with Crippen LogP contribution in [-0.2, 0) is 9.59 Å². The van der Waals surface area contributed by atoms with E-state index in [4.69, 9.17) is 0 Å². The van der Waals surface area contributed by atoms with Crippen molar-refractivity contribution in [2.75, 3.05) is 0 Å². The minimum absolute atomic E-state index is 0.0187. The van der Waals surface area contributed by atoms with E-state index in [9.17, 15) is 9.59 Å². The third-order valence-electron chi connectivity index (χ3n) is 2.15. The summed E-state index contributed by atoms with van der Waals surface area (Å²) < 4.78 is 0. The molecule has 0 fully saturated rings. The molecule has 0 aliphatic rings. The summed E-state index contributed by atoms with van der Waals surface area (Å²) in [5, 5.41) is 0. The standard InChI is InChI=1S/C14H16O2/c1-12(15)11-14(16)10-6-5-9-13-7-3-2-4-8-13/h2-5,7-9H,6,10-11H2,1H3/b9-5+. The summed E-state index contributed by atoms with van der Waals surface area (Å²) in [6.07, 6.45) is 5.16. The summed E-state index contributed by atoms with van der Waals surface area (Å²) in [4.78, 5) is 21.9. The highest BCUT2D eigenvalue weighted by molar-refractivity contribution is 5.97. The minimum atomic E-state index is -0.0583. The van der Waals surface area contributed by atoms with Gasteiger partial charge in [-0.05, 0) is 18.9 Å². The third-order valence-corrected chi connectivity index (χ3v) is 2.15. The summed E-state index contributed by atoms with van der Waals surface area (Å²) in [7, 11) is 0. The number of carbonyl (C=O) groups is 2. The third kappa shape index (κ3) is 5.25. The summed E-state index contributed by atoms with van der Waals surface area (Å²) in [6, 6.07) is 9.93. The summed E-state index contributed by atoms with van der Waals surface area (Å²) in [6.45, 7) is 1.44. The molecule has 2 heteroatoms. The Hall–Kier alpha value is -1.70. The van der Waals surface area contributed by atoms with Gasteiger partial charge in [0.15, 0.2) is 0 Å². The molecule has 1 rings (SSSR count). The van der Waals surface area contributed by atoms with E-state index in [1.54, 1.807) is 0 Å². The number of benzene rings is 1. The number of ketones is 2. The van der Waals surface area contributed by atoms with E-state index in [-0.39, 0.29) is 18.0 Å². The molecular weight excluding hydrogens is 200 g/mol. The van der Waals surface area contributed by atoms with E-state index in [0.29, 0.717) is 12.8 Å². The lowest BCUT2D eigenvalue weighted by Gasteiger charge is -1.94. The largest absolute Gasteiger partial charge is 0.300 e. The zero-order valence-electron chi connectivity index (χ0n) is 9.48. The first kappa shape index (κ1) is 12.4. The van der Waals surface area contributed by atoms with Crippen LogP contribution >= 0.6 is 0 Å². The molecule has 1 aromatic carbocycles. The Morgan fingerprint density at radius 1 is 1.19 bits per heavy atom. The predicted octanol–water partition coefficient (Wildman–Crippen LogP) is 3.03. The van der Waals surface area contributed by atoms with Crippen molar-refractivity contribution in [3.05, 3.63) is 42.0 Å². The van der Waals surface area contributed by atoms with Crippen LogP contribution in [0.2, 0.25) is 0 Å². The molecule has 16 heavy (non-hydrogen) atoms. The van der Waals surface area contributed by atoms with E-state index in [1.165, 1.54) is 6.92 Å². The Labute approximate surface area is 96.0 Å². The van der Waals surface area contributed by atoms with Crippen molar-refractivity contribution in [3.63, 3.8) is 0 Å². The second-order valence-corrected chi connectivity index (χ2v) is 3.77. The van der Waals surface area contributed by atoms with Gasteiger partial charge in [0.25, 0.3) is 0 Å². The highest BCUT2D eigenvalue weighted by Gasteiger charge is 2.02. The Morgan fingerprint density at radius 3 is 2.50 bits per heavy atom. The predicted molar refractivity (Wildman–Crippen MR) is 65.0 cm³/mol. The molecule has 0 unspecified atom stereocenters. The molecule has 2 nitrogen and oxygen atoms in total. The number of allylic oxidation sites excluding steroid dienone is 1. The fraction of sp³-hybridized carbons (Fsp3) is 0.286. The van der Waals surface area contributed by atoms with E-state index in [0.717, 1.165) is 5.56 Å². The SMILES string of the molecule is CC(=O)CC(=O)CC/C=C/c1ccccc1. The first-order valence-corrected chi connectivity index (χ1v) is 5.41. The number of rotatable bonds is 6. The number of hydrogen-bond acceptors (Lipinski definition) is 2. The van der Waals surface area contributed by atoms with Gasteiger partial charge in [-0.15, -0.1) is 0 Å². The fourth-order valence-corrected chi connectivity index (χ4v) is 1.39. The summed E-state index contributed by atoms with van der Waals surface area (Å²) in [5.41, 5.74) is 1.13. The van der Waals surface area contributed by atoms with Crippen LogP contribution in [0.5, 0.6) is 0 Å². The zero-order chi connectivity index (χ0) is 11.8. The lowest BCUT2D eigenvalue weighted by atomic mass is 10.1. The van der Waals surface area contributed by atoms with Crippen LogP contribution in [0, 0.1) is 0 Å². The molecule has 0 aromatic heterocycles. The van der Waals surface area contributed by atoms with E-state index in [2.05, 4.69) is 0 Å². The van der Waals surface area contributed by atoms with Gasteiger partial charge >= 0.3 is 0 Å². The molecule has 0 heterocycles. The van der Waals surface area contributed by atoms with Crippen LogP contribution < -0.4 is 0 Å². The Bertz CT molecular complexity index is 377. The van der Waals surface area contributed by atoms with Crippen LogP contribution in [0.3, 0.4) is 0 Å². The van der Waals surface area contributed by atoms with Crippen molar-refractivity contribution in [2.45, 2.75) is 26.2 Å². The Kier molecular flexibility index (Phi) is 5.20. The molecule has 0 aliphatic carbocycles. The van der Waals surface area contributed by atoms with Gasteiger partial charge in [0.05, 0.1) is 6.42 Å². The highest BCUT2D eigenvalue weighted by atomic mass is 16.1. The van der Waals surface area contributed by atoms with Crippen molar-refractivity contribution < 1.29 is 9.59 Å². The van der Waals surface area contributed by atoms with Gasteiger partial charge in [-0.25, -0.2) is 0 Å². The van der Waals surface area contributed by atoms with Crippen molar-refractivity contribution in [2.24, 2.45) is 0 Å². The number of Topliss-reactive ketones (excluding diaryl/α,β-unsaturated/α-hetero) is 2. The molecule has 0 N–H and O–H groups in total. The Balaban J connectivity index is 2.28. The first-order valence-electron chi connectivity index (χ1n) is 5.41.